The molecule has 0 unspecified atom stereocenters. The van der Waals surface area contributed by atoms with Gasteiger partial charge in [-0.15, -0.1) is 12.4 Å². The first kappa shape index (κ1) is 16.0. The van der Waals surface area contributed by atoms with E-state index in [9.17, 15) is 4.79 Å². The van der Waals surface area contributed by atoms with Gasteiger partial charge in [-0.3, -0.25) is 9.69 Å². The summed E-state index contributed by atoms with van der Waals surface area (Å²) in [6.45, 7) is 4.66. The summed E-state index contributed by atoms with van der Waals surface area (Å²) in [6.07, 6.45) is 0.351. The zero-order chi connectivity index (χ0) is 12.6. The van der Waals surface area contributed by atoms with Crippen molar-refractivity contribution in [1.82, 2.24) is 4.90 Å². The van der Waals surface area contributed by atoms with E-state index < -0.39 is 0 Å². The number of hydrogen-bond donors (Lipinski definition) is 0. The lowest BCUT2D eigenvalue weighted by molar-refractivity contribution is -0.143. The van der Waals surface area contributed by atoms with Crippen molar-refractivity contribution < 1.29 is 14.3 Å². The minimum atomic E-state index is -0.158. The molecule has 1 fully saturated rings. The molecule has 0 aliphatic carbocycles. The van der Waals surface area contributed by atoms with Crippen LogP contribution in [-0.2, 0) is 20.7 Å². The molecule has 1 aliphatic rings. The Kier molecular flexibility index (Phi) is 7.48. The molecule has 1 aliphatic heterocycles. The van der Waals surface area contributed by atoms with Gasteiger partial charge in [0.1, 0.15) is 6.61 Å². The van der Waals surface area contributed by atoms with Gasteiger partial charge in [0.25, 0.3) is 0 Å². The van der Waals surface area contributed by atoms with Crippen LogP contribution in [-0.4, -0.2) is 50.3 Å². The van der Waals surface area contributed by atoms with Crippen molar-refractivity contribution in [1.29, 1.82) is 0 Å². The van der Waals surface area contributed by atoms with E-state index in [0.29, 0.717) is 13.0 Å². The quantitative estimate of drug-likeness (QED) is 0.769. The topological polar surface area (TPSA) is 38.8 Å². The molecular weight excluding hydrogens is 266 g/mol. The molecule has 4 nitrogen and oxygen atoms in total. The van der Waals surface area contributed by atoms with E-state index in [1.54, 1.807) is 0 Å². The molecule has 0 aromatic heterocycles. The molecule has 0 radical (unpaired) electrons. The van der Waals surface area contributed by atoms with Gasteiger partial charge < -0.3 is 9.47 Å². The molecule has 0 amide bonds. The number of ether oxygens (including phenoxy) is 2. The van der Waals surface area contributed by atoms with Crippen LogP contribution in [0, 0.1) is 0 Å². The fourth-order valence-corrected chi connectivity index (χ4v) is 1.93. The average Bonchev–Trinajstić information content (AvgIpc) is 2.41. The van der Waals surface area contributed by atoms with Crippen molar-refractivity contribution >= 4 is 18.4 Å². The number of carbonyl (C=O) groups is 1. The summed E-state index contributed by atoms with van der Waals surface area (Å²) in [5.74, 6) is -0.158. The van der Waals surface area contributed by atoms with Crippen molar-refractivity contribution in [2.24, 2.45) is 0 Å². The minimum absolute atomic E-state index is 0. The van der Waals surface area contributed by atoms with E-state index in [-0.39, 0.29) is 18.4 Å². The maximum atomic E-state index is 11.6. The second-order valence-corrected chi connectivity index (χ2v) is 4.34. The van der Waals surface area contributed by atoms with Crippen LogP contribution >= 0.6 is 12.4 Å². The number of nitrogens with zero attached hydrogens (tertiary/aromatic N) is 1. The van der Waals surface area contributed by atoms with Gasteiger partial charge in [-0.05, 0) is 5.56 Å². The standard InChI is InChI=1S/C14H19NO3.ClH/c16-14(12-13-4-2-1-3-5-13)18-11-8-15-6-9-17-10-7-15;/h1-5H,6-12H2;1H. The van der Waals surface area contributed by atoms with Crippen molar-refractivity contribution in [2.75, 3.05) is 39.5 Å². The third kappa shape index (κ3) is 6.05. The largest absolute Gasteiger partial charge is 0.464 e. The smallest absolute Gasteiger partial charge is 0.310 e. The highest BCUT2D eigenvalue weighted by atomic mass is 35.5. The first-order valence-corrected chi connectivity index (χ1v) is 6.34. The molecule has 1 aromatic carbocycles. The Balaban J connectivity index is 0.00000180. The first-order valence-electron chi connectivity index (χ1n) is 6.34. The Bertz CT molecular complexity index is 366. The molecule has 5 heteroatoms. The summed E-state index contributed by atoms with van der Waals surface area (Å²) < 4.78 is 10.5. The number of hydrogen-bond acceptors (Lipinski definition) is 4. The van der Waals surface area contributed by atoms with Crippen LogP contribution < -0.4 is 0 Å². The SMILES string of the molecule is Cl.O=C(Cc1ccccc1)OCCN1CCOCC1. The summed E-state index contributed by atoms with van der Waals surface area (Å²) in [5.41, 5.74) is 0.994. The van der Waals surface area contributed by atoms with Crippen LogP contribution in [0.15, 0.2) is 30.3 Å². The summed E-state index contributed by atoms with van der Waals surface area (Å²) in [5, 5.41) is 0. The molecule has 0 bridgehead atoms. The Labute approximate surface area is 120 Å². The third-order valence-corrected chi connectivity index (χ3v) is 2.97. The lowest BCUT2D eigenvalue weighted by Crippen LogP contribution is -2.38. The maximum absolute atomic E-state index is 11.6. The maximum Gasteiger partial charge on any atom is 0.310 e. The Morgan fingerprint density at radius 2 is 1.89 bits per heavy atom. The van der Waals surface area contributed by atoms with E-state index in [1.165, 1.54) is 0 Å². The normalized spacial score (nSPS) is 15.6. The summed E-state index contributed by atoms with van der Waals surface area (Å²) in [7, 11) is 0. The predicted octanol–water partition coefficient (Wildman–Crippen LogP) is 1.53. The van der Waals surface area contributed by atoms with Gasteiger partial charge in [0.15, 0.2) is 0 Å². The summed E-state index contributed by atoms with van der Waals surface area (Å²) in [4.78, 5) is 13.8. The highest BCUT2D eigenvalue weighted by Crippen LogP contribution is 2.01. The molecular formula is C14H20ClNO3. The van der Waals surface area contributed by atoms with Crippen LogP contribution in [0.5, 0.6) is 0 Å². The van der Waals surface area contributed by atoms with Crippen molar-refractivity contribution in [3.05, 3.63) is 35.9 Å². The number of halogens is 1. The van der Waals surface area contributed by atoms with Crippen LogP contribution in [0.4, 0.5) is 0 Å². The third-order valence-electron chi connectivity index (χ3n) is 2.97. The summed E-state index contributed by atoms with van der Waals surface area (Å²) >= 11 is 0. The fraction of sp³-hybridized carbons (Fsp3) is 0.500. The van der Waals surface area contributed by atoms with Crippen LogP contribution in [0.25, 0.3) is 0 Å². The van der Waals surface area contributed by atoms with Gasteiger partial charge in [-0.1, -0.05) is 30.3 Å². The molecule has 1 aromatic rings. The number of esters is 1. The molecule has 0 atom stereocenters. The number of rotatable bonds is 5. The molecule has 19 heavy (non-hydrogen) atoms. The van der Waals surface area contributed by atoms with Crippen LogP contribution in [0.2, 0.25) is 0 Å². The van der Waals surface area contributed by atoms with Crippen LogP contribution in [0.3, 0.4) is 0 Å². The number of carbonyl (C=O) groups excluding carboxylic acids is 1. The number of benzene rings is 1. The lowest BCUT2D eigenvalue weighted by atomic mass is 10.2. The van der Waals surface area contributed by atoms with E-state index in [1.807, 2.05) is 30.3 Å². The molecule has 0 N–H and O–H groups in total. The van der Waals surface area contributed by atoms with Gasteiger partial charge in [0, 0.05) is 19.6 Å². The second kappa shape index (κ2) is 8.91. The van der Waals surface area contributed by atoms with Crippen LogP contribution in [0.1, 0.15) is 5.56 Å². The van der Waals surface area contributed by atoms with E-state index in [2.05, 4.69) is 4.90 Å². The van der Waals surface area contributed by atoms with Crippen molar-refractivity contribution in [3.63, 3.8) is 0 Å². The lowest BCUT2D eigenvalue weighted by Gasteiger charge is -2.26. The molecule has 1 heterocycles. The first-order chi connectivity index (χ1) is 8.84. The Morgan fingerprint density at radius 1 is 1.21 bits per heavy atom. The highest BCUT2D eigenvalue weighted by molar-refractivity contribution is 5.85. The van der Waals surface area contributed by atoms with Crippen molar-refractivity contribution in [3.8, 4) is 0 Å². The highest BCUT2D eigenvalue weighted by Gasteiger charge is 2.11. The Morgan fingerprint density at radius 3 is 2.58 bits per heavy atom. The molecule has 0 saturated carbocycles. The minimum Gasteiger partial charge on any atom is -0.464 e. The van der Waals surface area contributed by atoms with Gasteiger partial charge in [-0.2, -0.15) is 0 Å². The molecule has 1 saturated heterocycles. The zero-order valence-corrected chi connectivity index (χ0v) is 11.7. The monoisotopic (exact) mass is 285 g/mol. The van der Waals surface area contributed by atoms with E-state index in [4.69, 9.17) is 9.47 Å². The van der Waals surface area contributed by atoms with Crippen molar-refractivity contribution in [2.45, 2.75) is 6.42 Å². The van der Waals surface area contributed by atoms with E-state index in [0.717, 1.165) is 38.4 Å². The predicted molar refractivity (Wildman–Crippen MR) is 75.6 cm³/mol. The van der Waals surface area contributed by atoms with E-state index >= 15 is 0 Å². The number of morpholine rings is 1. The van der Waals surface area contributed by atoms with Gasteiger partial charge >= 0.3 is 5.97 Å². The van der Waals surface area contributed by atoms with Gasteiger partial charge in [0.2, 0.25) is 0 Å². The second-order valence-electron chi connectivity index (χ2n) is 4.34. The Hall–Kier alpha value is -1.10. The summed E-state index contributed by atoms with van der Waals surface area (Å²) in [6, 6.07) is 9.66. The molecule has 2 rings (SSSR count). The average molecular weight is 286 g/mol. The van der Waals surface area contributed by atoms with Gasteiger partial charge in [0.05, 0.1) is 19.6 Å². The fourth-order valence-electron chi connectivity index (χ4n) is 1.93. The molecule has 106 valence electrons. The van der Waals surface area contributed by atoms with Gasteiger partial charge in [-0.25, -0.2) is 0 Å². The molecule has 0 spiro atoms. The zero-order valence-electron chi connectivity index (χ0n) is 10.9.